The topological polar surface area (TPSA) is 40.5 Å². The number of carboxylic acid groups (broad SMARTS) is 1. The van der Waals surface area contributed by atoms with Crippen molar-refractivity contribution in [2.45, 2.75) is 19.0 Å². The molecule has 1 saturated heterocycles. The smallest absolute Gasteiger partial charge is 0.416 e. The van der Waals surface area contributed by atoms with Crippen LogP contribution in [0.25, 0.3) is 0 Å². The van der Waals surface area contributed by atoms with E-state index in [9.17, 15) is 18.0 Å². The van der Waals surface area contributed by atoms with Crippen molar-refractivity contribution in [3.8, 4) is 0 Å². The molecule has 3 nitrogen and oxygen atoms in total. The molecule has 1 aliphatic heterocycles. The van der Waals surface area contributed by atoms with Gasteiger partial charge in [-0.15, -0.1) is 0 Å². The van der Waals surface area contributed by atoms with E-state index in [0.29, 0.717) is 25.4 Å². The zero-order chi connectivity index (χ0) is 14.0. The van der Waals surface area contributed by atoms with Gasteiger partial charge in [0.1, 0.15) is 0 Å². The molecule has 1 aromatic rings. The average molecular weight is 273 g/mol. The molecule has 2 rings (SSSR count). The van der Waals surface area contributed by atoms with Crippen LogP contribution in [0.4, 0.5) is 18.0 Å². The van der Waals surface area contributed by atoms with Crippen molar-refractivity contribution in [2.75, 3.05) is 13.1 Å². The first-order chi connectivity index (χ1) is 8.86. The Kier molecular flexibility index (Phi) is 3.68. The summed E-state index contributed by atoms with van der Waals surface area (Å²) in [5.41, 5.74) is 0.207. The van der Waals surface area contributed by atoms with Gasteiger partial charge in [0.15, 0.2) is 0 Å². The molecule has 0 aromatic heterocycles. The van der Waals surface area contributed by atoms with E-state index in [1.165, 1.54) is 17.0 Å². The molecule has 0 saturated carbocycles. The summed E-state index contributed by atoms with van der Waals surface area (Å²) in [6.07, 6.45) is -3.73. The third-order valence-corrected chi connectivity index (χ3v) is 3.35. The summed E-state index contributed by atoms with van der Waals surface area (Å²) in [5.74, 6) is 0.318. The molecule has 19 heavy (non-hydrogen) atoms. The standard InChI is InChI=1S/C13H14F3NO2/c14-13(15,16)11-5-3-9(4-6-11)1-2-10-7-17(8-10)12(18)19/h3-6,10H,1-2,7-8H2,(H,18,19). The minimum Gasteiger partial charge on any atom is -0.465 e. The van der Waals surface area contributed by atoms with Gasteiger partial charge in [0.25, 0.3) is 0 Å². The highest BCUT2D eigenvalue weighted by atomic mass is 19.4. The van der Waals surface area contributed by atoms with Crippen LogP contribution in [-0.4, -0.2) is 29.2 Å². The van der Waals surface area contributed by atoms with Crippen molar-refractivity contribution in [1.29, 1.82) is 0 Å². The predicted molar refractivity (Wildman–Crippen MR) is 62.9 cm³/mol. The first-order valence-electron chi connectivity index (χ1n) is 6.00. The van der Waals surface area contributed by atoms with Gasteiger partial charge in [0.05, 0.1) is 5.56 Å². The molecule has 0 spiro atoms. The summed E-state index contributed by atoms with van der Waals surface area (Å²) in [6.45, 7) is 1.05. The van der Waals surface area contributed by atoms with Gasteiger partial charge < -0.3 is 10.0 Å². The van der Waals surface area contributed by atoms with E-state index in [1.54, 1.807) is 0 Å². The summed E-state index contributed by atoms with van der Waals surface area (Å²) in [5, 5.41) is 8.66. The molecule has 1 amide bonds. The van der Waals surface area contributed by atoms with Crippen LogP contribution < -0.4 is 0 Å². The monoisotopic (exact) mass is 273 g/mol. The minimum atomic E-state index is -4.30. The number of hydrogen-bond donors (Lipinski definition) is 1. The lowest BCUT2D eigenvalue weighted by molar-refractivity contribution is -0.137. The van der Waals surface area contributed by atoms with Crippen molar-refractivity contribution in [3.63, 3.8) is 0 Å². The highest BCUT2D eigenvalue weighted by molar-refractivity contribution is 5.65. The van der Waals surface area contributed by atoms with Crippen molar-refractivity contribution < 1.29 is 23.1 Å². The molecule has 6 heteroatoms. The molecular weight excluding hydrogens is 259 g/mol. The fourth-order valence-electron chi connectivity index (χ4n) is 2.14. The lowest BCUT2D eigenvalue weighted by Gasteiger charge is -2.37. The average Bonchev–Trinajstić information content (AvgIpc) is 2.25. The second-order valence-corrected chi connectivity index (χ2v) is 4.79. The van der Waals surface area contributed by atoms with E-state index >= 15 is 0 Å². The third-order valence-electron chi connectivity index (χ3n) is 3.35. The lowest BCUT2D eigenvalue weighted by Crippen LogP contribution is -2.49. The van der Waals surface area contributed by atoms with E-state index in [2.05, 4.69) is 0 Å². The maximum absolute atomic E-state index is 12.4. The first-order valence-corrected chi connectivity index (χ1v) is 6.00. The highest BCUT2D eigenvalue weighted by Crippen LogP contribution is 2.29. The van der Waals surface area contributed by atoms with E-state index in [0.717, 1.165) is 24.1 Å². The first kappa shape index (κ1) is 13.7. The van der Waals surface area contributed by atoms with Crippen molar-refractivity contribution >= 4 is 6.09 Å². The fraction of sp³-hybridized carbons (Fsp3) is 0.462. The molecular formula is C13H14F3NO2. The number of amides is 1. The Morgan fingerprint density at radius 1 is 1.26 bits per heavy atom. The number of hydrogen-bond acceptors (Lipinski definition) is 1. The lowest BCUT2D eigenvalue weighted by atomic mass is 9.93. The molecule has 0 atom stereocenters. The Bertz CT molecular complexity index is 450. The molecule has 0 bridgehead atoms. The van der Waals surface area contributed by atoms with Gasteiger partial charge in [-0.1, -0.05) is 12.1 Å². The predicted octanol–water partition coefficient (Wildman–Crippen LogP) is 3.25. The summed E-state index contributed by atoms with van der Waals surface area (Å²) < 4.78 is 37.1. The molecule has 1 aliphatic rings. The van der Waals surface area contributed by atoms with Gasteiger partial charge in [-0.2, -0.15) is 13.2 Å². The van der Waals surface area contributed by atoms with Crippen LogP contribution in [-0.2, 0) is 12.6 Å². The number of halogens is 3. The number of alkyl halides is 3. The van der Waals surface area contributed by atoms with Crippen LogP contribution in [0.2, 0.25) is 0 Å². The minimum absolute atomic E-state index is 0.318. The fourth-order valence-corrected chi connectivity index (χ4v) is 2.14. The number of rotatable bonds is 3. The van der Waals surface area contributed by atoms with Crippen LogP contribution in [0.1, 0.15) is 17.5 Å². The number of carbonyl (C=O) groups is 1. The largest absolute Gasteiger partial charge is 0.465 e. The summed E-state index contributed by atoms with van der Waals surface area (Å²) >= 11 is 0. The number of benzene rings is 1. The Labute approximate surface area is 108 Å². The van der Waals surface area contributed by atoms with E-state index in [4.69, 9.17) is 5.11 Å². The Hall–Kier alpha value is -1.72. The maximum Gasteiger partial charge on any atom is 0.416 e. The molecule has 1 aromatic carbocycles. The summed E-state index contributed by atoms with van der Waals surface area (Å²) in [4.78, 5) is 11.9. The van der Waals surface area contributed by atoms with E-state index < -0.39 is 17.8 Å². The molecule has 1 heterocycles. The normalized spacial score (nSPS) is 16.3. The van der Waals surface area contributed by atoms with Gasteiger partial charge in [-0.3, -0.25) is 0 Å². The molecule has 0 aliphatic carbocycles. The molecule has 0 unspecified atom stereocenters. The summed E-state index contributed by atoms with van der Waals surface area (Å²) in [7, 11) is 0. The van der Waals surface area contributed by atoms with Gasteiger partial charge in [0.2, 0.25) is 0 Å². The van der Waals surface area contributed by atoms with Crippen LogP contribution in [0, 0.1) is 5.92 Å². The maximum atomic E-state index is 12.4. The van der Waals surface area contributed by atoms with E-state index in [1.807, 2.05) is 0 Å². The zero-order valence-corrected chi connectivity index (χ0v) is 10.2. The van der Waals surface area contributed by atoms with Crippen molar-refractivity contribution in [2.24, 2.45) is 5.92 Å². The third kappa shape index (κ3) is 3.39. The summed E-state index contributed by atoms with van der Waals surface area (Å²) in [6, 6.07) is 5.13. The molecule has 104 valence electrons. The number of likely N-dealkylation sites (tertiary alicyclic amines) is 1. The van der Waals surface area contributed by atoms with Crippen LogP contribution in [0.15, 0.2) is 24.3 Å². The van der Waals surface area contributed by atoms with Gasteiger partial charge >= 0.3 is 12.3 Å². The second kappa shape index (κ2) is 5.11. The Morgan fingerprint density at radius 2 is 1.84 bits per heavy atom. The van der Waals surface area contributed by atoms with Crippen LogP contribution in [0.5, 0.6) is 0 Å². The molecule has 0 radical (unpaired) electrons. The molecule has 1 fully saturated rings. The van der Waals surface area contributed by atoms with Gasteiger partial charge in [0, 0.05) is 13.1 Å². The number of nitrogens with zero attached hydrogens (tertiary/aromatic N) is 1. The van der Waals surface area contributed by atoms with Gasteiger partial charge in [-0.05, 0) is 36.5 Å². The van der Waals surface area contributed by atoms with Crippen LogP contribution in [0.3, 0.4) is 0 Å². The number of aryl methyl sites for hydroxylation is 1. The van der Waals surface area contributed by atoms with E-state index in [-0.39, 0.29) is 0 Å². The Balaban J connectivity index is 1.80. The quantitative estimate of drug-likeness (QED) is 0.918. The second-order valence-electron chi connectivity index (χ2n) is 4.79. The van der Waals surface area contributed by atoms with Crippen molar-refractivity contribution in [3.05, 3.63) is 35.4 Å². The highest BCUT2D eigenvalue weighted by Gasteiger charge is 2.31. The van der Waals surface area contributed by atoms with Crippen molar-refractivity contribution in [1.82, 2.24) is 4.90 Å². The van der Waals surface area contributed by atoms with Crippen LogP contribution >= 0.6 is 0 Å². The SMILES string of the molecule is O=C(O)N1CC(CCc2ccc(C(F)(F)F)cc2)C1. The Morgan fingerprint density at radius 3 is 2.32 bits per heavy atom. The molecule has 1 N–H and O–H groups in total. The van der Waals surface area contributed by atoms with Gasteiger partial charge in [-0.25, -0.2) is 4.79 Å². The zero-order valence-electron chi connectivity index (χ0n) is 10.2.